The van der Waals surface area contributed by atoms with E-state index in [1.54, 1.807) is 9.80 Å². The highest BCUT2D eigenvalue weighted by molar-refractivity contribution is 6.01. The molecule has 0 aromatic heterocycles. The number of hydrogen-bond donors (Lipinski definition) is 2. The molecule has 2 heterocycles. The van der Waals surface area contributed by atoms with Gasteiger partial charge in [-0.15, -0.1) is 0 Å². The molecule has 0 spiro atoms. The molecule has 0 aliphatic carbocycles. The highest BCUT2D eigenvalue weighted by atomic mass is 16.5. The number of ether oxygens (including phenoxy) is 1. The maximum Gasteiger partial charge on any atom is 0.322 e. The van der Waals surface area contributed by atoms with Gasteiger partial charge in [0.2, 0.25) is 5.91 Å². The van der Waals surface area contributed by atoms with Crippen LogP contribution >= 0.6 is 0 Å². The third-order valence-electron chi connectivity index (χ3n) is 6.10. The third kappa shape index (κ3) is 5.48. The monoisotopic (exact) mass is 476 g/mol. The van der Waals surface area contributed by atoms with Crippen molar-refractivity contribution >= 4 is 17.8 Å². The van der Waals surface area contributed by atoms with E-state index in [4.69, 9.17) is 4.74 Å². The lowest BCUT2D eigenvalue weighted by atomic mass is 9.95. The van der Waals surface area contributed by atoms with Crippen molar-refractivity contribution in [2.75, 3.05) is 26.2 Å². The molecule has 35 heavy (non-hydrogen) atoms. The Labute approximate surface area is 205 Å². The lowest BCUT2D eigenvalue weighted by molar-refractivity contribution is -0.127. The molecule has 2 aliphatic rings. The SMILES string of the molecule is CCN1C(=O)NC(c2cccc(Oc3ccccc3)c2)C2=C1CN(CCC(=O)NCC(C)C)C2=O. The molecule has 2 aliphatic heterocycles. The Hall–Kier alpha value is -3.81. The summed E-state index contributed by atoms with van der Waals surface area (Å²) in [6, 6.07) is 16.0. The van der Waals surface area contributed by atoms with Gasteiger partial charge in [-0.25, -0.2) is 4.79 Å². The Morgan fingerprint density at radius 3 is 2.57 bits per heavy atom. The van der Waals surface area contributed by atoms with Gasteiger partial charge in [-0.2, -0.15) is 0 Å². The van der Waals surface area contributed by atoms with E-state index in [2.05, 4.69) is 10.6 Å². The van der Waals surface area contributed by atoms with Gasteiger partial charge in [0.05, 0.1) is 23.9 Å². The number of rotatable bonds is 9. The summed E-state index contributed by atoms with van der Waals surface area (Å²) in [5.74, 6) is 1.44. The standard InChI is InChI=1S/C27H32N4O4/c1-4-31-22-17-30(14-13-23(32)28-16-18(2)3)26(33)24(22)25(29-27(31)34)19-9-8-12-21(15-19)35-20-10-6-5-7-11-20/h5-12,15,18,25H,4,13-14,16-17H2,1-3H3,(H,28,32)(H,29,34). The molecule has 1 atom stereocenters. The van der Waals surface area contributed by atoms with Gasteiger partial charge >= 0.3 is 6.03 Å². The first kappa shape index (κ1) is 24.3. The fourth-order valence-corrected chi connectivity index (χ4v) is 4.34. The number of nitrogens with one attached hydrogen (secondary N) is 2. The van der Waals surface area contributed by atoms with Crippen LogP contribution in [0.25, 0.3) is 0 Å². The highest BCUT2D eigenvalue weighted by Crippen LogP contribution is 2.37. The Kier molecular flexibility index (Phi) is 7.39. The number of likely N-dealkylation sites (N-methyl/N-ethyl adjacent to an activating group) is 1. The topological polar surface area (TPSA) is 91.0 Å². The molecule has 0 saturated carbocycles. The van der Waals surface area contributed by atoms with E-state index in [1.165, 1.54) is 0 Å². The van der Waals surface area contributed by atoms with Crippen LogP contribution in [0.5, 0.6) is 11.5 Å². The zero-order chi connectivity index (χ0) is 24.9. The summed E-state index contributed by atoms with van der Waals surface area (Å²) in [5.41, 5.74) is 2.01. The van der Waals surface area contributed by atoms with Gasteiger partial charge in [0, 0.05) is 26.1 Å². The fraction of sp³-hybridized carbons (Fsp3) is 0.370. The summed E-state index contributed by atoms with van der Waals surface area (Å²) in [7, 11) is 0. The van der Waals surface area contributed by atoms with E-state index in [1.807, 2.05) is 75.4 Å². The maximum absolute atomic E-state index is 13.5. The van der Waals surface area contributed by atoms with Crippen molar-refractivity contribution in [3.8, 4) is 11.5 Å². The minimum Gasteiger partial charge on any atom is -0.457 e. The predicted octanol–water partition coefficient (Wildman–Crippen LogP) is 3.82. The van der Waals surface area contributed by atoms with Crippen LogP contribution in [0.15, 0.2) is 65.9 Å². The van der Waals surface area contributed by atoms with E-state index in [9.17, 15) is 14.4 Å². The van der Waals surface area contributed by atoms with Crippen molar-refractivity contribution in [3.63, 3.8) is 0 Å². The lowest BCUT2D eigenvalue weighted by Gasteiger charge is -2.33. The van der Waals surface area contributed by atoms with Crippen LogP contribution in [0.3, 0.4) is 0 Å². The number of hydrogen-bond acceptors (Lipinski definition) is 4. The fourth-order valence-electron chi connectivity index (χ4n) is 4.34. The molecule has 8 heteroatoms. The Balaban J connectivity index is 1.55. The smallest absolute Gasteiger partial charge is 0.322 e. The van der Waals surface area contributed by atoms with E-state index in [0.29, 0.717) is 54.9 Å². The second kappa shape index (κ2) is 10.6. The summed E-state index contributed by atoms with van der Waals surface area (Å²) in [4.78, 5) is 41.9. The lowest BCUT2D eigenvalue weighted by Crippen LogP contribution is -2.47. The van der Waals surface area contributed by atoms with Crippen LogP contribution in [-0.2, 0) is 9.59 Å². The molecule has 2 N–H and O–H groups in total. The van der Waals surface area contributed by atoms with Gasteiger partial charge in [0.25, 0.3) is 5.91 Å². The number of carbonyl (C=O) groups is 3. The van der Waals surface area contributed by atoms with E-state index in [-0.39, 0.29) is 24.3 Å². The van der Waals surface area contributed by atoms with Crippen LogP contribution in [-0.4, -0.2) is 53.8 Å². The zero-order valence-electron chi connectivity index (χ0n) is 20.4. The van der Waals surface area contributed by atoms with Gasteiger partial charge in [-0.05, 0) is 42.7 Å². The van der Waals surface area contributed by atoms with Crippen molar-refractivity contribution in [2.24, 2.45) is 5.92 Å². The molecular formula is C27H32N4O4. The van der Waals surface area contributed by atoms with E-state index >= 15 is 0 Å². The second-order valence-electron chi connectivity index (χ2n) is 9.15. The number of carbonyl (C=O) groups excluding carboxylic acids is 3. The predicted molar refractivity (Wildman–Crippen MR) is 133 cm³/mol. The molecule has 0 radical (unpaired) electrons. The second-order valence-corrected chi connectivity index (χ2v) is 9.15. The normalized spacial score (nSPS) is 17.5. The largest absolute Gasteiger partial charge is 0.457 e. The first-order valence-corrected chi connectivity index (χ1v) is 12.1. The van der Waals surface area contributed by atoms with Gasteiger partial charge in [-0.1, -0.05) is 44.2 Å². The van der Waals surface area contributed by atoms with Crippen LogP contribution in [0.2, 0.25) is 0 Å². The molecular weight excluding hydrogens is 444 g/mol. The third-order valence-corrected chi connectivity index (χ3v) is 6.10. The van der Waals surface area contributed by atoms with Gasteiger partial charge in [0.15, 0.2) is 0 Å². The van der Waals surface area contributed by atoms with Crippen molar-refractivity contribution < 1.29 is 19.1 Å². The van der Waals surface area contributed by atoms with Crippen LogP contribution in [0.1, 0.15) is 38.8 Å². The minimum atomic E-state index is -0.591. The van der Waals surface area contributed by atoms with Gasteiger partial charge < -0.3 is 20.3 Å². The summed E-state index contributed by atoms with van der Waals surface area (Å²) in [6.07, 6.45) is 0.220. The highest BCUT2D eigenvalue weighted by Gasteiger charge is 2.43. The number of amides is 4. The van der Waals surface area contributed by atoms with E-state index < -0.39 is 6.04 Å². The number of para-hydroxylation sites is 1. The number of urea groups is 1. The first-order valence-electron chi connectivity index (χ1n) is 12.1. The number of benzene rings is 2. The molecule has 0 bridgehead atoms. The quantitative estimate of drug-likeness (QED) is 0.576. The van der Waals surface area contributed by atoms with Crippen molar-refractivity contribution in [1.82, 2.24) is 20.4 Å². The summed E-state index contributed by atoms with van der Waals surface area (Å²) < 4.78 is 5.96. The average molecular weight is 477 g/mol. The molecule has 0 fully saturated rings. The summed E-state index contributed by atoms with van der Waals surface area (Å²) >= 11 is 0. The van der Waals surface area contributed by atoms with Crippen LogP contribution in [0.4, 0.5) is 4.79 Å². The Bertz CT molecular complexity index is 1130. The molecule has 2 aromatic rings. The van der Waals surface area contributed by atoms with Gasteiger partial charge in [0.1, 0.15) is 11.5 Å². The number of nitrogens with zero attached hydrogens (tertiary/aromatic N) is 2. The molecule has 0 saturated heterocycles. The maximum atomic E-state index is 13.5. The Morgan fingerprint density at radius 2 is 1.86 bits per heavy atom. The molecule has 1 unspecified atom stereocenters. The molecule has 2 aromatic carbocycles. The van der Waals surface area contributed by atoms with Crippen LogP contribution in [0, 0.1) is 5.92 Å². The van der Waals surface area contributed by atoms with Gasteiger partial charge in [-0.3, -0.25) is 14.5 Å². The van der Waals surface area contributed by atoms with Crippen molar-refractivity contribution in [1.29, 1.82) is 0 Å². The molecule has 4 amide bonds. The summed E-state index contributed by atoms with van der Waals surface area (Å²) in [6.45, 7) is 7.61. The molecule has 4 rings (SSSR count). The van der Waals surface area contributed by atoms with Crippen LogP contribution < -0.4 is 15.4 Å². The molecule has 184 valence electrons. The first-order chi connectivity index (χ1) is 16.9. The Morgan fingerprint density at radius 1 is 1.11 bits per heavy atom. The average Bonchev–Trinajstić information content (AvgIpc) is 3.17. The zero-order valence-corrected chi connectivity index (χ0v) is 20.4. The van der Waals surface area contributed by atoms with Crippen molar-refractivity contribution in [2.45, 2.75) is 33.2 Å². The molecule has 8 nitrogen and oxygen atoms in total. The van der Waals surface area contributed by atoms with Crippen molar-refractivity contribution in [3.05, 3.63) is 71.4 Å². The van der Waals surface area contributed by atoms with E-state index in [0.717, 1.165) is 5.56 Å². The summed E-state index contributed by atoms with van der Waals surface area (Å²) in [5, 5.41) is 5.88. The minimum absolute atomic E-state index is 0.0831.